The lowest BCUT2D eigenvalue weighted by atomic mass is 10.2. The van der Waals surface area contributed by atoms with E-state index in [2.05, 4.69) is 9.97 Å². The highest BCUT2D eigenvalue weighted by atomic mass is 16.5. The SMILES string of the molecule is Cc1nc(OCc2ccccc2)c(CO)c2ncoc12. The molecule has 1 aromatic carbocycles. The lowest BCUT2D eigenvalue weighted by molar-refractivity contribution is 0.254. The summed E-state index contributed by atoms with van der Waals surface area (Å²) >= 11 is 0. The Bertz CT molecular complexity index is 723. The van der Waals surface area contributed by atoms with Crippen LogP contribution in [0.5, 0.6) is 5.88 Å². The summed E-state index contributed by atoms with van der Waals surface area (Å²) in [6.45, 7) is 2.02. The van der Waals surface area contributed by atoms with E-state index >= 15 is 0 Å². The molecule has 0 bridgehead atoms. The van der Waals surface area contributed by atoms with Crippen molar-refractivity contribution in [2.75, 3.05) is 0 Å². The molecule has 0 saturated carbocycles. The average molecular weight is 270 g/mol. The molecule has 0 aliphatic carbocycles. The molecular formula is C15H14N2O3. The van der Waals surface area contributed by atoms with E-state index < -0.39 is 0 Å². The van der Waals surface area contributed by atoms with Crippen LogP contribution in [0.3, 0.4) is 0 Å². The minimum atomic E-state index is -0.194. The molecular weight excluding hydrogens is 256 g/mol. The van der Waals surface area contributed by atoms with Crippen LogP contribution in [-0.2, 0) is 13.2 Å². The molecule has 0 aliphatic heterocycles. The van der Waals surface area contributed by atoms with E-state index in [0.717, 1.165) is 5.56 Å². The predicted molar refractivity (Wildman–Crippen MR) is 73.2 cm³/mol. The summed E-state index contributed by atoms with van der Waals surface area (Å²) in [5.74, 6) is 0.398. The Morgan fingerprint density at radius 1 is 1.25 bits per heavy atom. The molecule has 5 heteroatoms. The monoisotopic (exact) mass is 270 g/mol. The van der Waals surface area contributed by atoms with Crippen molar-refractivity contribution in [2.24, 2.45) is 0 Å². The highest BCUT2D eigenvalue weighted by molar-refractivity contribution is 5.79. The molecule has 0 fully saturated rings. The molecule has 0 amide bonds. The molecule has 102 valence electrons. The van der Waals surface area contributed by atoms with Crippen LogP contribution < -0.4 is 4.74 Å². The second-order valence-electron chi connectivity index (χ2n) is 4.44. The quantitative estimate of drug-likeness (QED) is 0.789. The van der Waals surface area contributed by atoms with Crippen molar-refractivity contribution in [3.05, 3.63) is 53.5 Å². The number of aliphatic hydroxyl groups excluding tert-OH is 1. The number of ether oxygens (including phenoxy) is 1. The molecule has 3 rings (SSSR count). The molecule has 3 aromatic rings. The number of pyridine rings is 1. The van der Waals surface area contributed by atoms with Gasteiger partial charge in [0.25, 0.3) is 0 Å². The standard InChI is InChI=1S/C15H14N2O3/c1-10-14-13(16-9-20-14)12(7-18)15(17-10)19-8-11-5-3-2-4-6-11/h2-6,9,18H,7-8H2,1H3. The second-order valence-corrected chi connectivity index (χ2v) is 4.44. The van der Waals surface area contributed by atoms with Crippen molar-refractivity contribution in [1.82, 2.24) is 9.97 Å². The molecule has 2 aromatic heterocycles. The van der Waals surface area contributed by atoms with Crippen molar-refractivity contribution in [3.8, 4) is 5.88 Å². The zero-order valence-electron chi connectivity index (χ0n) is 11.0. The van der Waals surface area contributed by atoms with Crippen molar-refractivity contribution < 1.29 is 14.3 Å². The number of aryl methyl sites for hydroxylation is 1. The van der Waals surface area contributed by atoms with Gasteiger partial charge in [0.1, 0.15) is 12.1 Å². The van der Waals surface area contributed by atoms with Gasteiger partial charge in [-0.1, -0.05) is 30.3 Å². The minimum absolute atomic E-state index is 0.194. The average Bonchev–Trinajstić information content (AvgIpc) is 2.96. The van der Waals surface area contributed by atoms with Crippen LogP contribution in [0, 0.1) is 6.92 Å². The van der Waals surface area contributed by atoms with Gasteiger partial charge in [0.05, 0.1) is 17.9 Å². The summed E-state index contributed by atoms with van der Waals surface area (Å²) in [7, 11) is 0. The largest absolute Gasteiger partial charge is 0.472 e. The van der Waals surface area contributed by atoms with Crippen molar-refractivity contribution in [2.45, 2.75) is 20.1 Å². The Morgan fingerprint density at radius 3 is 2.80 bits per heavy atom. The molecule has 0 spiro atoms. The van der Waals surface area contributed by atoms with Gasteiger partial charge in [0, 0.05) is 0 Å². The van der Waals surface area contributed by atoms with Crippen LogP contribution in [0.25, 0.3) is 11.1 Å². The number of hydrogen-bond acceptors (Lipinski definition) is 5. The number of nitrogens with zero attached hydrogens (tertiary/aromatic N) is 2. The van der Waals surface area contributed by atoms with E-state index in [0.29, 0.717) is 34.8 Å². The number of hydrogen-bond donors (Lipinski definition) is 1. The Kier molecular flexibility index (Phi) is 3.35. The smallest absolute Gasteiger partial charge is 0.221 e. The number of aliphatic hydroxyl groups is 1. The fraction of sp³-hybridized carbons (Fsp3) is 0.200. The molecule has 5 nitrogen and oxygen atoms in total. The third-order valence-corrected chi connectivity index (χ3v) is 3.09. The third kappa shape index (κ3) is 2.23. The van der Waals surface area contributed by atoms with Gasteiger partial charge < -0.3 is 14.3 Å². The van der Waals surface area contributed by atoms with Crippen LogP contribution >= 0.6 is 0 Å². The minimum Gasteiger partial charge on any atom is -0.472 e. The van der Waals surface area contributed by atoms with Crippen LogP contribution in [0.4, 0.5) is 0 Å². The fourth-order valence-electron chi connectivity index (χ4n) is 2.08. The van der Waals surface area contributed by atoms with Gasteiger partial charge in [0.2, 0.25) is 5.88 Å². The number of fused-ring (bicyclic) bond motifs is 1. The summed E-state index contributed by atoms with van der Waals surface area (Å²) in [5, 5.41) is 9.52. The van der Waals surface area contributed by atoms with Gasteiger partial charge in [-0.3, -0.25) is 0 Å². The maximum absolute atomic E-state index is 9.52. The van der Waals surface area contributed by atoms with E-state index in [4.69, 9.17) is 9.15 Å². The van der Waals surface area contributed by atoms with Crippen LogP contribution in [-0.4, -0.2) is 15.1 Å². The first-order valence-electron chi connectivity index (χ1n) is 6.30. The summed E-state index contributed by atoms with van der Waals surface area (Å²) < 4.78 is 11.0. The molecule has 0 radical (unpaired) electrons. The Hall–Kier alpha value is -2.40. The van der Waals surface area contributed by atoms with Crippen molar-refractivity contribution in [3.63, 3.8) is 0 Å². The summed E-state index contributed by atoms with van der Waals surface area (Å²) in [6, 6.07) is 9.79. The highest BCUT2D eigenvalue weighted by Crippen LogP contribution is 2.27. The second kappa shape index (κ2) is 5.30. The normalized spacial score (nSPS) is 10.9. The summed E-state index contributed by atoms with van der Waals surface area (Å²) in [5.41, 5.74) is 3.47. The lowest BCUT2D eigenvalue weighted by Crippen LogP contribution is -2.03. The fourth-order valence-corrected chi connectivity index (χ4v) is 2.08. The van der Waals surface area contributed by atoms with E-state index in [-0.39, 0.29) is 6.61 Å². The number of oxazole rings is 1. The molecule has 0 atom stereocenters. The van der Waals surface area contributed by atoms with Gasteiger partial charge >= 0.3 is 0 Å². The molecule has 20 heavy (non-hydrogen) atoms. The van der Waals surface area contributed by atoms with Crippen molar-refractivity contribution in [1.29, 1.82) is 0 Å². The first-order valence-corrected chi connectivity index (χ1v) is 6.30. The Labute approximate surface area is 115 Å². The molecule has 2 heterocycles. The first-order chi connectivity index (χ1) is 9.79. The van der Waals surface area contributed by atoms with E-state index in [1.807, 2.05) is 37.3 Å². The maximum Gasteiger partial charge on any atom is 0.221 e. The van der Waals surface area contributed by atoms with Gasteiger partial charge in [0.15, 0.2) is 12.0 Å². The Morgan fingerprint density at radius 2 is 2.05 bits per heavy atom. The molecule has 1 N–H and O–H groups in total. The summed E-state index contributed by atoms with van der Waals surface area (Å²) in [6.07, 6.45) is 1.35. The van der Waals surface area contributed by atoms with Crippen LogP contribution in [0.2, 0.25) is 0 Å². The number of rotatable bonds is 4. The van der Waals surface area contributed by atoms with E-state index in [1.165, 1.54) is 6.39 Å². The highest BCUT2D eigenvalue weighted by Gasteiger charge is 2.16. The van der Waals surface area contributed by atoms with Gasteiger partial charge in [-0.25, -0.2) is 9.97 Å². The molecule has 0 saturated heterocycles. The van der Waals surface area contributed by atoms with Gasteiger partial charge in [-0.2, -0.15) is 0 Å². The van der Waals surface area contributed by atoms with Gasteiger partial charge in [-0.05, 0) is 12.5 Å². The first kappa shape index (κ1) is 12.6. The van der Waals surface area contributed by atoms with Crippen molar-refractivity contribution >= 4 is 11.1 Å². The zero-order chi connectivity index (χ0) is 13.9. The Balaban J connectivity index is 1.94. The van der Waals surface area contributed by atoms with E-state index in [1.54, 1.807) is 0 Å². The number of benzene rings is 1. The van der Waals surface area contributed by atoms with E-state index in [9.17, 15) is 5.11 Å². The summed E-state index contributed by atoms with van der Waals surface area (Å²) in [4.78, 5) is 8.46. The third-order valence-electron chi connectivity index (χ3n) is 3.09. The van der Waals surface area contributed by atoms with Crippen LogP contribution in [0.1, 0.15) is 16.8 Å². The number of aromatic nitrogens is 2. The topological polar surface area (TPSA) is 68.4 Å². The molecule has 0 aliphatic rings. The zero-order valence-corrected chi connectivity index (χ0v) is 11.0. The van der Waals surface area contributed by atoms with Crippen LogP contribution in [0.15, 0.2) is 41.1 Å². The maximum atomic E-state index is 9.52. The molecule has 0 unspecified atom stereocenters. The van der Waals surface area contributed by atoms with Gasteiger partial charge in [-0.15, -0.1) is 0 Å². The lowest BCUT2D eigenvalue weighted by Gasteiger charge is -2.10. The predicted octanol–water partition coefficient (Wildman–Crippen LogP) is 2.60.